The fraction of sp³-hybridized carbons (Fsp3) is 0.417. The topological polar surface area (TPSA) is 77.1 Å². The average Bonchev–Trinajstić information content (AvgIpc) is 2.78. The summed E-state index contributed by atoms with van der Waals surface area (Å²) in [5.74, 6) is 0.544. The van der Waals surface area contributed by atoms with Crippen molar-refractivity contribution < 1.29 is 23.8 Å². The van der Waals surface area contributed by atoms with Gasteiger partial charge in [-0.05, 0) is 44.0 Å². The molecule has 0 aliphatic heterocycles. The van der Waals surface area contributed by atoms with E-state index < -0.39 is 0 Å². The molecule has 0 fully saturated rings. The molecule has 0 aromatic heterocycles. The monoisotopic (exact) mass is 428 g/mol. The number of nitrogens with one attached hydrogen (secondary N) is 1. The molecule has 0 radical (unpaired) electrons. The summed E-state index contributed by atoms with van der Waals surface area (Å²) >= 11 is 0. The summed E-state index contributed by atoms with van der Waals surface area (Å²) in [6.07, 6.45) is 0.668. The van der Waals surface area contributed by atoms with Gasteiger partial charge in [0.1, 0.15) is 0 Å². The standard InChI is InChI=1S/C24H32N2O5/c1-5-30-21-13-12-19(15-22(21)31-6-2)24(28)25-16-23(27)26(3)20(17-29-4)14-18-10-8-7-9-11-18/h7-13,15,20H,5-6,14,16-17H2,1-4H3,(H,25,28)/t20-/m1/s1. The number of methoxy groups -OCH3 is 1. The second-order valence-corrected chi connectivity index (χ2v) is 7.01. The largest absolute Gasteiger partial charge is 0.490 e. The first-order valence-corrected chi connectivity index (χ1v) is 10.5. The third-order valence-corrected chi connectivity index (χ3v) is 4.82. The van der Waals surface area contributed by atoms with Crippen LogP contribution in [0.3, 0.4) is 0 Å². The molecular formula is C24H32N2O5. The number of rotatable bonds is 12. The van der Waals surface area contributed by atoms with Gasteiger partial charge in [0, 0.05) is 19.7 Å². The van der Waals surface area contributed by atoms with Crippen LogP contribution in [0.5, 0.6) is 11.5 Å². The smallest absolute Gasteiger partial charge is 0.251 e. The number of likely N-dealkylation sites (N-methyl/N-ethyl adjacent to an activating group) is 1. The summed E-state index contributed by atoms with van der Waals surface area (Å²) in [4.78, 5) is 26.9. The maximum Gasteiger partial charge on any atom is 0.251 e. The molecule has 2 amide bonds. The van der Waals surface area contributed by atoms with E-state index in [1.165, 1.54) is 0 Å². The minimum absolute atomic E-state index is 0.110. The Bertz CT molecular complexity index is 841. The fourth-order valence-electron chi connectivity index (χ4n) is 3.16. The van der Waals surface area contributed by atoms with Crippen molar-refractivity contribution in [2.45, 2.75) is 26.3 Å². The van der Waals surface area contributed by atoms with E-state index in [1.807, 2.05) is 44.2 Å². The number of hydrogen-bond acceptors (Lipinski definition) is 5. The Morgan fingerprint density at radius 1 is 1.00 bits per heavy atom. The van der Waals surface area contributed by atoms with E-state index in [1.54, 1.807) is 37.3 Å². The van der Waals surface area contributed by atoms with Gasteiger partial charge in [-0.25, -0.2) is 0 Å². The van der Waals surface area contributed by atoms with E-state index in [4.69, 9.17) is 14.2 Å². The van der Waals surface area contributed by atoms with Gasteiger partial charge in [0.15, 0.2) is 11.5 Å². The molecule has 7 heteroatoms. The summed E-state index contributed by atoms with van der Waals surface area (Å²) < 4.78 is 16.4. The molecule has 1 N–H and O–H groups in total. The number of ether oxygens (including phenoxy) is 3. The molecule has 2 aromatic carbocycles. The molecule has 1 atom stereocenters. The quantitative estimate of drug-likeness (QED) is 0.563. The van der Waals surface area contributed by atoms with Crippen molar-refractivity contribution in [3.63, 3.8) is 0 Å². The lowest BCUT2D eigenvalue weighted by Crippen LogP contribution is -2.46. The summed E-state index contributed by atoms with van der Waals surface area (Å²) in [5.41, 5.74) is 1.52. The summed E-state index contributed by atoms with van der Waals surface area (Å²) in [5, 5.41) is 2.69. The number of benzene rings is 2. The normalized spacial score (nSPS) is 11.5. The van der Waals surface area contributed by atoms with Crippen LogP contribution in [0, 0.1) is 0 Å². The highest BCUT2D eigenvalue weighted by atomic mass is 16.5. The second-order valence-electron chi connectivity index (χ2n) is 7.01. The number of nitrogens with zero attached hydrogens (tertiary/aromatic N) is 1. The van der Waals surface area contributed by atoms with Crippen molar-refractivity contribution in [3.8, 4) is 11.5 Å². The highest BCUT2D eigenvalue weighted by Gasteiger charge is 2.21. The Kier molecular flexibility index (Phi) is 9.84. The lowest BCUT2D eigenvalue weighted by molar-refractivity contribution is -0.131. The van der Waals surface area contributed by atoms with Gasteiger partial charge in [0.2, 0.25) is 5.91 Å². The SMILES string of the molecule is CCOc1ccc(C(=O)NCC(=O)N(C)[C@@H](COC)Cc2ccccc2)cc1OCC. The molecule has 0 saturated carbocycles. The minimum atomic E-state index is -0.350. The van der Waals surface area contributed by atoms with Gasteiger partial charge >= 0.3 is 0 Å². The highest BCUT2D eigenvalue weighted by Crippen LogP contribution is 2.28. The van der Waals surface area contributed by atoms with Crippen molar-refractivity contribution in [2.75, 3.05) is 40.5 Å². The van der Waals surface area contributed by atoms with Crippen LogP contribution in [0.15, 0.2) is 48.5 Å². The maximum absolute atomic E-state index is 12.7. The number of carbonyl (C=O) groups excluding carboxylic acids is 2. The first-order valence-electron chi connectivity index (χ1n) is 10.5. The predicted molar refractivity (Wildman–Crippen MR) is 120 cm³/mol. The van der Waals surface area contributed by atoms with Crippen molar-refractivity contribution in [1.29, 1.82) is 0 Å². The predicted octanol–water partition coefficient (Wildman–Crippen LogP) is 2.93. The molecule has 31 heavy (non-hydrogen) atoms. The third-order valence-electron chi connectivity index (χ3n) is 4.82. The van der Waals surface area contributed by atoms with Crippen molar-refractivity contribution in [2.24, 2.45) is 0 Å². The van der Waals surface area contributed by atoms with Crippen LogP contribution in [0.2, 0.25) is 0 Å². The van der Waals surface area contributed by atoms with E-state index in [2.05, 4.69) is 5.32 Å². The molecule has 0 bridgehead atoms. The molecule has 0 heterocycles. The van der Waals surface area contributed by atoms with E-state index in [-0.39, 0.29) is 24.4 Å². The molecule has 0 aliphatic carbocycles. The molecule has 0 unspecified atom stereocenters. The first kappa shape index (κ1) is 24.2. The van der Waals surface area contributed by atoms with Crippen LogP contribution in [-0.4, -0.2) is 63.3 Å². The van der Waals surface area contributed by atoms with E-state index in [0.29, 0.717) is 43.3 Å². The second kappa shape index (κ2) is 12.6. The first-order chi connectivity index (χ1) is 15.0. The summed E-state index contributed by atoms with van der Waals surface area (Å²) in [7, 11) is 3.34. The number of hydrogen-bond donors (Lipinski definition) is 1. The van der Waals surface area contributed by atoms with Gasteiger partial charge in [0.25, 0.3) is 5.91 Å². The zero-order valence-electron chi connectivity index (χ0n) is 18.7. The maximum atomic E-state index is 12.7. The highest BCUT2D eigenvalue weighted by molar-refractivity contribution is 5.97. The van der Waals surface area contributed by atoms with E-state index >= 15 is 0 Å². The van der Waals surface area contributed by atoms with E-state index in [0.717, 1.165) is 5.56 Å². The zero-order valence-corrected chi connectivity index (χ0v) is 18.7. The van der Waals surface area contributed by atoms with Crippen LogP contribution in [0.25, 0.3) is 0 Å². The van der Waals surface area contributed by atoms with Crippen LogP contribution in [-0.2, 0) is 16.0 Å². The van der Waals surface area contributed by atoms with Gasteiger partial charge in [-0.2, -0.15) is 0 Å². The van der Waals surface area contributed by atoms with Crippen LogP contribution in [0.1, 0.15) is 29.8 Å². The van der Waals surface area contributed by atoms with Gasteiger partial charge < -0.3 is 24.4 Å². The van der Waals surface area contributed by atoms with Crippen LogP contribution < -0.4 is 14.8 Å². The Labute approximate surface area is 184 Å². The molecule has 0 spiro atoms. The number of carbonyl (C=O) groups is 2. The molecule has 7 nitrogen and oxygen atoms in total. The lowest BCUT2D eigenvalue weighted by Gasteiger charge is -2.28. The summed E-state index contributed by atoms with van der Waals surface area (Å²) in [6.45, 7) is 4.99. The van der Waals surface area contributed by atoms with Crippen LogP contribution >= 0.6 is 0 Å². The Morgan fingerprint density at radius 3 is 2.32 bits per heavy atom. The average molecular weight is 429 g/mol. The Balaban J connectivity index is 1.99. The van der Waals surface area contributed by atoms with Gasteiger partial charge in [-0.15, -0.1) is 0 Å². The van der Waals surface area contributed by atoms with Gasteiger partial charge in [0.05, 0.1) is 32.4 Å². The van der Waals surface area contributed by atoms with Crippen molar-refractivity contribution in [3.05, 3.63) is 59.7 Å². The van der Waals surface area contributed by atoms with Crippen LogP contribution in [0.4, 0.5) is 0 Å². The van der Waals surface area contributed by atoms with Gasteiger partial charge in [-0.3, -0.25) is 9.59 Å². The zero-order chi connectivity index (χ0) is 22.6. The third kappa shape index (κ3) is 7.29. The van der Waals surface area contributed by atoms with E-state index in [9.17, 15) is 9.59 Å². The lowest BCUT2D eigenvalue weighted by atomic mass is 10.1. The molecule has 0 saturated heterocycles. The number of amides is 2. The summed E-state index contributed by atoms with van der Waals surface area (Å²) in [6, 6.07) is 14.8. The Hall–Kier alpha value is -3.06. The fourth-order valence-corrected chi connectivity index (χ4v) is 3.16. The molecule has 2 rings (SSSR count). The minimum Gasteiger partial charge on any atom is -0.490 e. The molecule has 0 aliphatic rings. The molecule has 168 valence electrons. The van der Waals surface area contributed by atoms with Crippen molar-refractivity contribution >= 4 is 11.8 Å². The molecule has 2 aromatic rings. The molecular weight excluding hydrogens is 396 g/mol. The van der Waals surface area contributed by atoms with Crippen molar-refractivity contribution in [1.82, 2.24) is 10.2 Å². The Morgan fingerprint density at radius 2 is 1.68 bits per heavy atom. The van der Waals surface area contributed by atoms with Gasteiger partial charge in [-0.1, -0.05) is 30.3 Å².